The van der Waals surface area contributed by atoms with Crippen LogP contribution in [0.2, 0.25) is 0 Å². The molecule has 0 atom stereocenters. The molecule has 0 amide bonds. The minimum absolute atomic E-state index is 0.240. The van der Waals surface area contributed by atoms with Crippen molar-refractivity contribution in [2.24, 2.45) is 0 Å². The number of nitrogens with two attached hydrogens (primary N) is 1. The third-order valence-corrected chi connectivity index (χ3v) is 3.26. The lowest BCUT2D eigenvalue weighted by atomic mass is 10.3. The van der Waals surface area contributed by atoms with E-state index in [0.717, 1.165) is 18.0 Å². The maximum Gasteiger partial charge on any atom is 0.298 e. The largest absolute Gasteiger partial charge is 0.428 e. The Morgan fingerprint density at radius 3 is 2.94 bits per heavy atom. The molecule has 0 spiro atoms. The van der Waals surface area contributed by atoms with E-state index in [0.29, 0.717) is 21.2 Å². The van der Waals surface area contributed by atoms with Crippen LogP contribution in [0.3, 0.4) is 0 Å². The van der Waals surface area contributed by atoms with Gasteiger partial charge in [-0.05, 0) is 22.0 Å². The molecule has 2 aromatic rings. The van der Waals surface area contributed by atoms with Gasteiger partial charge in [-0.2, -0.15) is 9.36 Å². The number of hydrogen-bond donors (Lipinski definition) is 1. The lowest BCUT2D eigenvalue weighted by molar-refractivity contribution is 0.473. The van der Waals surface area contributed by atoms with Crippen molar-refractivity contribution in [2.75, 3.05) is 5.73 Å². The lowest BCUT2D eigenvalue weighted by Crippen LogP contribution is -1.94. The molecular weight excluding hydrogens is 309 g/mol. The third-order valence-electron chi connectivity index (χ3n) is 2.02. The second-order valence-corrected chi connectivity index (χ2v) is 4.80. The van der Waals surface area contributed by atoms with E-state index in [1.165, 1.54) is 12.1 Å². The number of nitrogen functional groups attached to an aromatic ring is 1. The highest BCUT2D eigenvalue weighted by Crippen LogP contribution is 2.32. The third kappa shape index (κ3) is 2.73. The predicted octanol–water partition coefficient (Wildman–Crippen LogP) is 3.38. The van der Waals surface area contributed by atoms with Crippen molar-refractivity contribution in [1.29, 1.82) is 0 Å². The predicted molar refractivity (Wildman–Crippen MR) is 67.9 cm³/mol. The molecule has 0 aliphatic carbocycles. The molecule has 1 aromatic heterocycles. The highest BCUT2D eigenvalue weighted by Gasteiger charge is 2.10. The number of benzene rings is 1. The molecule has 0 aliphatic heterocycles. The minimum atomic E-state index is -0.436. The molecule has 7 heteroatoms. The van der Waals surface area contributed by atoms with E-state index in [9.17, 15) is 4.39 Å². The van der Waals surface area contributed by atoms with Crippen LogP contribution in [0.5, 0.6) is 10.9 Å². The Morgan fingerprint density at radius 2 is 2.29 bits per heavy atom. The molecule has 0 radical (unpaired) electrons. The fourth-order valence-corrected chi connectivity index (χ4v) is 2.14. The molecule has 90 valence electrons. The molecule has 0 fully saturated rings. The van der Waals surface area contributed by atoms with Crippen LogP contribution in [0.15, 0.2) is 16.6 Å². The van der Waals surface area contributed by atoms with Gasteiger partial charge in [0.05, 0.1) is 10.2 Å². The molecule has 4 nitrogen and oxygen atoms in total. The van der Waals surface area contributed by atoms with E-state index in [4.69, 9.17) is 10.5 Å². The summed E-state index contributed by atoms with van der Waals surface area (Å²) in [6, 6.07) is 2.67. The summed E-state index contributed by atoms with van der Waals surface area (Å²) in [6.07, 6.45) is 0.726. The van der Waals surface area contributed by atoms with Gasteiger partial charge in [0.1, 0.15) is 11.6 Å². The fraction of sp³-hybridized carbons (Fsp3) is 0.200. The molecule has 1 heterocycles. The molecule has 0 saturated heterocycles. The van der Waals surface area contributed by atoms with Crippen LogP contribution in [0.25, 0.3) is 0 Å². The quantitative estimate of drug-likeness (QED) is 0.881. The summed E-state index contributed by atoms with van der Waals surface area (Å²) in [7, 11) is 0. The van der Waals surface area contributed by atoms with Crippen molar-refractivity contribution in [1.82, 2.24) is 9.36 Å². The Morgan fingerprint density at radius 1 is 1.53 bits per heavy atom. The molecule has 0 bridgehead atoms. The highest BCUT2D eigenvalue weighted by molar-refractivity contribution is 9.10. The van der Waals surface area contributed by atoms with Gasteiger partial charge < -0.3 is 10.5 Å². The average molecular weight is 318 g/mol. The Bertz CT molecular complexity index is 546. The molecule has 2 rings (SSSR count). The van der Waals surface area contributed by atoms with Gasteiger partial charge in [0.25, 0.3) is 5.19 Å². The second-order valence-electron chi connectivity index (χ2n) is 3.24. The number of aromatic nitrogens is 2. The van der Waals surface area contributed by atoms with Crippen LogP contribution in [-0.2, 0) is 6.42 Å². The zero-order chi connectivity index (χ0) is 12.4. The second kappa shape index (κ2) is 4.97. The van der Waals surface area contributed by atoms with E-state index in [-0.39, 0.29) is 5.75 Å². The number of rotatable bonds is 3. The van der Waals surface area contributed by atoms with Gasteiger partial charge in [0.15, 0.2) is 5.75 Å². The topological polar surface area (TPSA) is 61.0 Å². The molecular formula is C10H9BrFN3OS. The first kappa shape index (κ1) is 12.3. The Kier molecular flexibility index (Phi) is 3.58. The summed E-state index contributed by atoms with van der Waals surface area (Å²) in [6.45, 7) is 1.94. The summed E-state index contributed by atoms with van der Waals surface area (Å²) in [5.41, 5.74) is 6.05. The number of nitrogens with zero attached hydrogens (tertiary/aromatic N) is 2. The monoisotopic (exact) mass is 317 g/mol. The lowest BCUT2D eigenvalue weighted by Gasteiger charge is -2.06. The number of ether oxygens (including phenoxy) is 1. The number of halogens is 2. The summed E-state index contributed by atoms with van der Waals surface area (Å²) < 4.78 is 23.1. The molecule has 0 aliphatic rings. The maximum absolute atomic E-state index is 13.3. The Hall–Kier alpha value is -1.21. The smallest absolute Gasteiger partial charge is 0.298 e. The van der Waals surface area contributed by atoms with Crippen LogP contribution >= 0.6 is 27.5 Å². The summed E-state index contributed by atoms with van der Waals surface area (Å²) in [4.78, 5) is 4.11. The number of aryl methyl sites for hydroxylation is 1. The van der Waals surface area contributed by atoms with Gasteiger partial charge in [-0.25, -0.2) is 4.39 Å². The van der Waals surface area contributed by atoms with E-state index < -0.39 is 5.82 Å². The van der Waals surface area contributed by atoms with Crippen molar-refractivity contribution >= 4 is 33.1 Å². The van der Waals surface area contributed by atoms with E-state index in [1.54, 1.807) is 0 Å². The van der Waals surface area contributed by atoms with E-state index in [2.05, 4.69) is 25.3 Å². The first-order chi connectivity index (χ1) is 8.10. The van der Waals surface area contributed by atoms with Gasteiger partial charge in [-0.15, -0.1) is 0 Å². The summed E-state index contributed by atoms with van der Waals surface area (Å²) >= 11 is 4.16. The molecule has 0 saturated carbocycles. The summed E-state index contributed by atoms with van der Waals surface area (Å²) in [5.74, 6) is 0.500. The zero-order valence-electron chi connectivity index (χ0n) is 8.91. The van der Waals surface area contributed by atoms with Crippen LogP contribution in [0.4, 0.5) is 10.1 Å². The van der Waals surface area contributed by atoms with Gasteiger partial charge in [0, 0.05) is 24.0 Å². The molecule has 17 heavy (non-hydrogen) atoms. The zero-order valence-corrected chi connectivity index (χ0v) is 11.3. The standard InChI is InChI=1S/C10H9BrFN3OS/c1-2-9-14-10(17-15-9)16-8-4-6(12)5(11)3-7(8)13/h3-4H,2,13H2,1H3. The van der Waals surface area contributed by atoms with Crippen molar-refractivity contribution in [3.8, 4) is 10.9 Å². The molecule has 0 unspecified atom stereocenters. The number of hydrogen-bond acceptors (Lipinski definition) is 5. The van der Waals surface area contributed by atoms with Gasteiger partial charge in [0.2, 0.25) is 0 Å². The van der Waals surface area contributed by atoms with E-state index >= 15 is 0 Å². The van der Waals surface area contributed by atoms with Crippen LogP contribution < -0.4 is 10.5 Å². The first-order valence-corrected chi connectivity index (χ1v) is 6.41. The molecule has 2 N–H and O–H groups in total. The van der Waals surface area contributed by atoms with Gasteiger partial charge in [-0.1, -0.05) is 6.92 Å². The van der Waals surface area contributed by atoms with Crippen molar-refractivity contribution < 1.29 is 9.13 Å². The normalized spacial score (nSPS) is 10.5. The van der Waals surface area contributed by atoms with Crippen LogP contribution in [0, 0.1) is 5.82 Å². The Labute approximate surface area is 110 Å². The van der Waals surface area contributed by atoms with Crippen LogP contribution in [-0.4, -0.2) is 9.36 Å². The van der Waals surface area contributed by atoms with Gasteiger partial charge >= 0.3 is 0 Å². The highest BCUT2D eigenvalue weighted by atomic mass is 79.9. The van der Waals surface area contributed by atoms with Crippen LogP contribution in [0.1, 0.15) is 12.7 Å². The molecule has 1 aromatic carbocycles. The Balaban J connectivity index is 2.26. The summed E-state index contributed by atoms with van der Waals surface area (Å²) in [5, 5.41) is 0.357. The fourth-order valence-electron chi connectivity index (χ4n) is 1.15. The maximum atomic E-state index is 13.3. The SMILES string of the molecule is CCc1nsc(Oc2cc(F)c(Br)cc2N)n1. The van der Waals surface area contributed by atoms with Crippen molar-refractivity contribution in [2.45, 2.75) is 13.3 Å². The van der Waals surface area contributed by atoms with Gasteiger partial charge in [-0.3, -0.25) is 0 Å². The number of anilines is 1. The average Bonchev–Trinajstić information content (AvgIpc) is 2.73. The van der Waals surface area contributed by atoms with Crippen molar-refractivity contribution in [3.63, 3.8) is 0 Å². The first-order valence-electron chi connectivity index (χ1n) is 4.85. The van der Waals surface area contributed by atoms with E-state index in [1.807, 2.05) is 6.92 Å². The van der Waals surface area contributed by atoms with Crippen molar-refractivity contribution in [3.05, 3.63) is 28.2 Å². The minimum Gasteiger partial charge on any atom is -0.428 e.